The van der Waals surface area contributed by atoms with Gasteiger partial charge in [0, 0.05) is 80.3 Å². The molecule has 2 aromatic carbocycles. The number of aliphatic hydroxyl groups is 10. The van der Waals surface area contributed by atoms with Gasteiger partial charge in [-0.05, 0) is 55.9 Å². The average molecular weight is 1600 g/mol. The van der Waals surface area contributed by atoms with Gasteiger partial charge in [-0.3, -0.25) is 43.2 Å². The number of benzene rings is 2. The number of amides is 11. The lowest BCUT2D eigenvalue weighted by atomic mass is 9.98. The van der Waals surface area contributed by atoms with Crippen LogP contribution in [0.15, 0.2) is 48.5 Å². The van der Waals surface area contributed by atoms with Crippen LogP contribution in [0.2, 0.25) is 0 Å². The van der Waals surface area contributed by atoms with Gasteiger partial charge in [-0.15, -0.1) is 0 Å². The van der Waals surface area contributed by atoms with Crippen LogP contribution in [0.5, 0.6) is 0 Å². The molecule has 0 heterocycles. The number of hydrogen-bond donors (Lipinski definition) is 15. The molecule has 0 aliphatic heterocycles. The predicted octanol–water partition coefficient (Wildman–Crippen LogP) is -6.58. The van der Waals surface area contributed by atoms with Gasteiger partial charge >= 0.3 is 12.2 Å². The minimum atomic E-state index is -2.09. The zero-order valence-corrected chi connectivity index (χ0v) is 65.0. The van der Waals surface area contributed by atoms with Crippen LogP contribution < -0.4 is 26.6 Å². The van der Waals surface area contributed by atoms with Gasteiger partial charge < -0.3 is 145 Å². The van der Waals surface area contributed by atoms with Gasteiger partial charge in [-0.25, -0.2) is 9.59 Å². The van der Waals surface area contributed by atoms with Crippen LogP contribution in [-0.2, 0) is 81.0 Å². The third-order valence-electron chi connectivity index (χ3n) is 17.0. The first-order chi connectivity index (χ1) is 53.1. The number of nitrogens with zero attached hydrogens (tertiary/aromatic N) is 6. The second kappa shape index (κ2) is 52.8. The van der Waals surface area contributed by atoms with Crippen molar-refractivity contribution < 1.29 is 142 Å². The standard InChI is InChI=1S/C72H117N11O29/c1-72(2,3)112-71(104)74-21-13-18-52(77-59(92)40-79(5)62(95)41-80(6)61(94)36-76-57(90)19-24-105-28-32-109-35-31-108-27-23-75-70(103)111-46-51-49-16-11-9-14-47(49)48-15-10-12-17-50(48)51)69(102)82(8)43-64(97)81(7)42-63(96)78(4)39-58(91)73-22-26-107-30-34-110-33-29-106-25-20-60(93)83(37-53(86)65(98)67(100)55(88)44-84)38-54(87)66(99)68(101)56(89)45-85/h9-12,14-17,51-56,65-68,84-89,98-101H,13,18-46H2,1-8H3,(H,73,91)(H,74,104)(H,75,103)(H,76,90)(H,77,92)/t52?,53-,54-,55+,56+,65+,66+,67+,68+/m0/s1. The SMILES string of the molecule is CN(CC(=O)NCCOCCOCCOCCC(=O)N(C[C@H](O)[C@@H](O)[C@H](O)[C@H](O)CO)C[C@H](O)[C@@H](O)[C@H](O)[C@H](O)CO)C(=O)CN(C)C(=O)CN(C)C(=O)C(CCCNC(=O)OC(C)(C)C)NC(=O)CN(C)C(=O)CN(C)C(=O)CNC(=O)CCOCCOCCOCCNC(=O)OCC1c2ccccc2-c2ccccc21. The molecule has 3 rings (SSSR count). The third kappa shape index (κ3) is 37.5. The maximum Gasteiger partial charge on any atom is 0.407 e. The number of ether oxygens (including phenoxy) is 8. The first-order valence-corrected chi connectivity index (χ1v) is 36.6. The van der Waals surface area contributed by atoms with Crippen LogP contribution in [0.1, 0.15) is 63.5 Å². The molecule has 0 saturated carbocycles. The molecule has 1 unspecified atom stereocenters. The molecular weight excluding hydrogens is 1480 g/mol. The largest absolute Gasteiger partial charge is 0.449 e. The number of fused-ring (bicyclic) bond motifs is 3. The highest BCUT2D eigenvalue weighted by Crippen LogP contribution is 2.44. The summed E-state index contributed by atoms with van der Waals surface area (Å²) in [4.78, 5) is 149. The van der Waals surface area contributed by atoms with Gasteiger partial charge in [0.05, 0.1) is 138 Å². The Morgan fingerprint density at radius 3 is 1.31 bits per heavy atom. The van der Waals surface area contributed by atoms with Crippen molar-refractivity contribution in [1.82, 2.24) is 56.0 Å². The smallest absolute Gasteiger partial charge is 0.407 e. The lowest BCUT2D eigenvalue weighted by Crippen LogP contribution is -2.54. The third-order valence-corrected chi connectivity index (χ3v) is 17.0. The number of carbonyl (C=O) groups is 11. The summed E-state index contributed by atoms with van der Waals surface area (Å²) in [5, 5.41) is 112. The first kappa shape index (κ1) is 97.8. The van der Waals surface area contributed by atoms with Crippen LogP contribution in [-0.4, -0.2) is 413 Å². The van der Waals surface area contributed by atoms with E-state index in [2.05, 4.69) is 38.7 Å². The minimum absolute atomic E-state index is 0.0131. The second-order valence-electron chi connectivity index (χ2n) is 27.3. The molecule has 0 aromatic heterocycles. The van der Waals surface area contributed by atoms with Gasteiger partial charge in [-0.2, -0.15) is 0 Å². The molecule has 9 atom stereocenters. The Labute approximate surface area is 650 Å². The number of hydrogen-bond acceptors (Lipinski definition) is 29. The van der Waals surface area contributed by atoms with E-state index in [1.807, 2.05) is 36.4 Å². The zero-order valence-electron chi connectivity index (χ0n) is 65.0. The molecule has 2 aromatic rings. The summed E-state index contributed by atoms with van der Waals surface area (Å²) in [6.45, 7) is 0.141. The molecule has 1 aliphatic carbocycles. The molecular formula is C72H117N11O29. The highest BCUT2D eigenvalue weighted by Gasteiger charge is 2.37. The number of carbonyl (C=O) groups excluding carboxylic acids is 11. The number of nitrogens with one attached hydrogen (secondary N) is 5. The first-order valence-electron chi connectivity index (χ1n) is 36.6. The van der Waals surface area contributed by atoms with Crippen LogP contribution in [0.3, 0.4) is 0 Å². The maximum atomic E-state index is 13.9. The van der Waals surface area contributed by atoms with Crippen LogP contribution >= 0.6 is 0 Å². The second-order valence-corrected chi connectivity index (χ2v) is 27.3. The van der Waals surface area contributed by atoms with Crippen molar-refractivity contribution in [1.29, 1.82) is 0 Å². The molecule has 634 valence electrons. The molecule has 0 radical (unpaired) electrons. The molecule has 40 nitrogen and oxygen atoms in total. The molecule has 0 fully saturated rings. The fourth-order valence-corrected chi connectivity index (χ4v) is 10.6. The Balaban J connectivity index is 1.32. The fourth-order valence-electron chi connectivity index (χ4n) is 10.6. The van der Waals surface area contributed by atoms with E-state index in [0.29, 0.717) is 0 Å². The van der Waals surface area contributed by atoms with Gasteiger partial charge in [0.25, 0.3) is 0 Å². The summed E-state index contributed by atoms with van der Waals surface area (Å²) < 4.78 is 43.6. The van der Waals surface area contributed by atoms with Gasteiger partial charge in [0.1, 0.15) is 67.1 Å². The molecule has 0 spiro atoms. The predicted molar refractivity (Wildman–Crippen MR) is 396 cm³/mol. The van der Waals surface area contributed by atoms with E-state index in [9.17, 15) is 93.6 Å². The zero-order chi connectivity index (χ0) is 83.5. The van der Waals surface area contributed by atoms with Crippen molar-refractivity contribution in [2.45, 2.75) is 113 Å². The van der Waals surface area contributed by atoms with E-state index in [-0.39, 0.29) is 131 Å². The van der Waals surface area contributed by atoms with Crippen molar-refractivity contribution in [3.8, 4) is 11.1 Å². The van der Waals surface area contributed by atoms with Crippen molar-refractivity contribution in [2.24, 2.45) is 0 Å². The van der Waals surface area contributed by atoms with Crippen molar-refractivity contribution >= 4 is 65.4 Å². The molecule has 112 heavy (non-hydrogen) atoms. The molecule has 1 aliphatic rings. The Morgan fingerprint density at radius 2 is 0.830 bits per heavy atom. The topological polar surface area (TPSA) is 544 Å². The molecule has 15 N–H and O–H groups in total. The Morgan fingerprint density at radius 1 is 0.429 bits per heavy atom. The van der Waals surface area contributed by atoms with E-state index in [1.165, 1.54) is 35.2 Å². The number of likely N-dealkylation sites (N-methyl/N-ethyl adjacent to an activating group) is 5. The normalized spacial score (nSPS) is 14.2. The van der Waals surface area contributed by atoms with Crippen LogP contribution in [0, 0.1) is 0 Å². The summed E-state index contributed by atoms with van der Waals surface area (Å²) in [6.07, 6.45) is -17.6. The van der Waals surface area contributed by atoms with Crippen molar-refractivity contribution in [3.05, 3.63) is 59.7 Å². The quantitative estimate of drug-likeness (QED) is 0.0274. The van der Waals surface area contributed by atoms with Crippen LogP contribution in [0.4, 0.5) is 9.59 Å². The monoisotopic (exact) mass is 1600 g/mol. The summed E-state index contributed by atoms with van der Waals surface area (Å²) in [5.41, 5.74) is 3.70. The molecule has 0 saturated heterocycles. The Kier molecular flexibility index (Phi) is 46.1. The average Bonchev–Trinajstić information content (AvgIpc) is 1.62. The van der Waals surface area contributed by atoms with Gasteiger partial charge in [0.2, 0.25) is 53.2 Å². The van der Waals surface area contributed by atoms with Gasteiger partial charge in [-0.1, -0.05) is 48.5 Å². The summed E-state index contributed by atoms with van der Waals surface area (Å²) >= 11 is 0. The van der Waals surface area contributed by atoms with Crippen molar-refractivity contribution in [2.75, 3.05) is 206 Å². The highest BCUT2D eigenvalue weighted by molar-refractivity contribution is 5.94. The van der Waals surface area contributed by atoms with E-state index in [1.54, 1.807) is 20.8 Å². The Bertz CT molecular complexity index is 3150. The van der Waals surface area contributed by atoms with E-state index >= 15 is 0 Å². The molecule has 40 heteroatoms. The van der Waals surface area contributed by atoms with Crippen LogP contribution in [0.25, 0.3) is 11.1 Å². The number of alkyl carbamates (subject to hydrolysis) is 2. The lowest BCUT2D eigenvalue weighted by Gasteiger charge is -2.33. The van der Waals surface area contributed by atoms with E-state index in [0.717, 1.165) is 51.7 Å². The maximum absolute atomic E-state index is 13.9. The molecule has 0 bridgehead atoms. The van der Waals surface area contributed by atoms with E-state index < -0.39 is 198 Å². The summed E-state index contributed by atoms with van der Waals surface area (Å²) in [6, 6.07) is 14.8. The minimum Gasteiger partial charge on any atom is -0.449 e. The highest BCUT2D eigenvalue weighted by atomic mass is 16.6. The Hall–Kier alpha value is -8.43. The molecule has 11 amide bonds. The van der Waals surface area contributed by atoms with Gasteiger partial charge in [0.15, 0.2) is 0 Å². The lowest BCUT2D eigenvalue weighted by molar-refractivity contribution is -0.149. The van der Waals surface area contributed by atoms with Crippen molar-refractivity contribution in [3.63, 3.8) is 0 Å². The fraction of sp³-hybridized carbons (Fsp3) is 0.681. The summed E-state index contributed by atoms with van der Waals surface area (Å²) in [5.74, 6) is -6.08. The number of aliphatic hydroxyl groups excluding tert-OH is 10. The summed E-state index contributed by atoms with van der Waals surface area (Å²) in [7, 11) is 6.55. The van der Waals surface area contributed by atoms with E-state index in [4.69, 9.17) is 48.1 Å². The number of rotatable bonds is 56.